The second kappa shape index (κ2) is 4.90. The molecule has 1 aliphatic carbocycles. The van der Waals surface area contributed by atoms with E-state index in [0.717, 1.165) is 17.4 Å². The smallest absolute Gasteiger partial charge is 0.202 e. The van der Waals surface area contributed by atoms with E-state index in [-0.39, 0.29) is 5.41 Å². The fourth-order valence-corrected chi connectivity index (χ4v) is 2.54. The molecule has 1 aromatic rings. The number of hydrogen-bond acceptors (Lipinski definition) is 5. The summed E-state index contributed by atoms with van der Waals surface area (Å²) in [6, 6.07) is 0.354. The minimum Gasteiger partial charge on any atom is -0.357 e. The minimum absolute atomic E-state index is 0.185. The predicted octanol–water partition coefficient (Wildman–Crippen LogP) is 2.59. The standard InChI is InChI=1S/C12H22N4S/c1-12(2,3)9(6-7-13)14-11-15-10(16-17-11)8-4-5-8/h8-9H,4-7,13H2,1-3H3,(H,14,15,16). The molecule has 1 atom stereocenters. The number of nitrogens with one attached hydrogen (secondary N) is 1. The van der Waals surface area contributed by atoms with Crippen molar-refractivity contribution in [1.82, 2.24) is 9.36 Å². The molecule has 4 nitrogen and oxygen atoms in total. The summed E-state index contributed by atoms with van der Waals surface area (Å²) in [4.78, 5) is 4.56. The Labute approximate surface area is 107 Å². The molecule has 0 spiro atoms. The van der Waals surface area contributed by atoms with Crippen LogP contribution in [0, 0.1) is 5.41 Å². The van der Waals surface area contributed by atoms with Crippen molar-refractivity contribution in [3.8, 4) is 0 Å². The Hall–Kier alpha value is -0.680. The van der Waals surface area contributed by atoms with Crippen molar-refractivity contribution < 1.29 is 0 Å². The van der Waals surface area contributed by atoms with Gasteiger partial charge in [0.1, 0.15) is 5.82 Å². The van der Waals surface area contributed by atoms with Crippen LogP contribution in [0.5, 0.6) is 0 Å². The van der Waals surface area contributed by atoms with Crippen LogP contribution in [0.2, 0.25) is 0 Å². The number of nitrogens with zero attached hydrogens (tertiary/aromatic N) is 2. The van der Waals surface area contributed by atoms with Crippen molar-refractivity contribution in [1.29, 1.82) is 0 Å². The van der Waals surface area contributed by atoms with Gasteiger partial charge in [0, 0.05) is 23.5 Å². The van der Waals surface area contributed by atoms with E-state index in [9.17, 15) is 0 Å². The van der Waals surface area contributed by atoms with Gasteiger partial charge in [-0.2, -0.15) is 4.37 Å². The summed E-state index contributed by atoms with van der Waals surface area (Å²) in [5.41, 5.74) is 5.86. The lowest BCUT2D eigenvalue weighted by Crippen LogP contribution is -2.35. The van der Waals surface area contributed by atoms with Crippen LogP contribution in [0.4, 0.5) is 5.13 Å². The summed E-state index contributed by atoms with van der Waals surface area (Å²) < 4.78 is 4.41. The summed E-state index contributed by atoms with van der Waals surface area (Å²) in [6.45, 7) is 7.37. The Bertz CT molecular complexity index is 365. The zero-order chi connectivity index (χ0) is 12.5. The second-order valence-corrected chi connectivity index (χ2v) is 6.62. The molecule has 17 heavy (non-hydrogen) atoms. The molecule has 0 aromatic carbocycles. The third-order valence-electron chi connectivity index (χ3n) is 3.18. The Morgan fingerprint density at radius 2 is 2.18 bits per heavy atom. The SMILES string of the molecule is CC(C)(C)C(CCN)Nc1nc(C2CC2)ns1. The maximum atomic E-state index is 5.67. The van der Waals surface area contributed by atoms with E-state index >= 15 is 0 Å². The molecule has 1 aromatic heterocycles. The van der Waals surface area contributed by atoms with Crippen LogP contribution in [0.1, 0.15) is 51.8 Å². The molecule has 0 aliphatic heterocycles. The summed E-state index contributed by atoms with van der Waals surface area (Å²) in [7, 11) is 0. The molecular weight excluding hydrogens is 232 g/mol. The molecule has 2 rings (SSSR count). The zero-order valence-electron chi connectivity index (χ0n) is 10.9. The lowest BCUT2D eigenvalue weighted by atomic mass is 9.85. The molecule has 1 heterocycles. The van der Waals surface area contributed by atoms with Gasteiger partial charge in [-0.1, -0.05) is 20.8 Å². The van der Waals surface area contributed by atoms with Gasteiger partial charge in [-0.05, 0) is 31.2 Å². The van der Waals surface area contributed by atoms with Gasteiger partial charge in [0.25, 0.3) is 0 Å². The summed E-state index contributed by atoms with van der Waals surface area (Å²) in [5.74, 6) is 1.65. The fraction of sp³-hybridized carbons (Fsp3) is 0.833. The molecule has 5 heteroatoms. The highest BCUT2D eigenvalue weighted by Gasteiger charge is 2.29. The lowest BCUT2D eigenvalue weighted by Gasteiger charge is -2.30. The van der Waals surface area contributed by atoms with Gasteiger partial charge in [0.05, 0.1) is 0 Å². The van der Waals surface area contributed by atoms with Crippen LogP contribution in [0.25, 0.3) is 0 Å². The molecule has 96 valence electrons. The first-order valence-electron chi connectivity index (χ1n) is 6.31. The van der Waals surface area contributed by atoms with Gasteiger partial charge in [-0.15, -0.1) is 0 Å². The average molecular weight is 254 g/mol. The minimum atomic E-state index is 0.185. The quantitative estimate of drug-likeness (QED) is 0.847. The number of hydrogen-bond donors (Lipinski definition) is 2. The number of rotatable bonds is 5. The third-order valence-corrected chi connectivity index (χ3v) is 3.84. The second-order valence-electron chi connectivity index (χ2n) is 5.87. The average Bonchev–Trinajstić information content (AvgIpc) is 2.98. The molecular formula is C12H22N4S. The van der Waals surface area contributed by atoms with Crippen molar-refractivity contribution in [3.05, 3.63) is 5.82 Å². The zero-order valence-corrected chi connectivity index (χ0v) is 11.7. The fourth-order valence-electron chi connectivity index (χ4n) is 1.84. The lowest BCUT2D eigenvalue weighted by molar-refractivity contribution is 0.328. The Kier molecular flexibility index (Phi) is 3.68. The molecule has 1 fully saturated rings. The van der Waals surface area contributed by atoms with Gasteiger partial charge in [0.2, 0.25) is 5.13 Å². The predicted molar refractivity (Wildman–Crippen MR) is 72.4 cm³/mol. The largest absolute Gasteiger partial charge is 0.357 e. The third kappa shape index (κ3) is 3.39. The van der Waals surface area contributed by atoms with Crippen molar-refractivity contribution in [2.75, 3.05) is 11.9 Å². The van der Waals surface area contributed by atoms with Crippen molar-refractivity contribution in [2.24, 2.45) is 11.1 Å². The highest BCUT2D eigenvalue weighted by atomic mass is 32.1. The monoisotopic (exact) mass is 254 g/mol. The molecule has 1 aliphatic rings. The van der Waals surface area contributed by atoms with Crippen LogP contribution in [-0.2, 0) is 0 Å². The summed E-state index contributed by atoms with van der Waals surface area (Å²) in [6.07, 6.45) is 3.46. The van der Waals surface area contributed by atoms with Crippen LogP contribution in [0.15, 0.2) is 0 Å². The molecule has 0 amide bonds. The number of aromatic nitrogens is 2. The molecule has 3 N–H and O–H groups in total. The first-order chi connectivity index (χ1) is 8.00. The van der Waals surface area contributed by atoms with Gasteiger partial charge in [-0.3, -0.25) is 0 Å². The van der Waals surface area contributed by atoms with Gasteiger partial charge in [0.15, 0.2) is 0 Å². The maximum Gasteiger partial charge on any atom is 0.202 e. The van der Waals surface area contributed by atoms with Gasteiger partial charge < -0.3 is 11.1 Å². The molecule has 0 bridgehead atoms. The van der Waals surface area contributed by atoms with Gasteiger partial charge in [-0.25, -0.2) is 4.98 Å². The normalized spacial score (nSPS) is 18.1. The van der Waals surface area contributed by atoms with E-state index in [0.29, 0.717) is 18.5 Å². The van der Waals surface area contributed by atoms with E-state index < -0.39 is 0 Å². The van der Waals surface area contributed by atoms with E-state index in [1.807, 2.05) is 0 Å². The Morgan fingerprint density at radius 1 is 1.47 bits per heavy atom. The van der Waals surface area contributed by atoms with E-state index in [4.69, 9.17) is 5.73 Å². The highest BCUT2D eigenvalue weighted by molar-refractivity contribution is 7.09. The summed E-state index contributed by atoms with van der Waals surface area (Å²) >= 11 is 1.48. The van der Waals surface area contributed by atoms with Crippen LogP contribution in [0.3, 0.4) is 0 Å². The molecule has 0 saturated heterocycles. The van der Waals surface area contributed by atoms with Crippen molar-refractivity contribution in [3.63, 3.8) is 0 Å². The first-order valence-corrected chi connectivity index (χ1v) is 7.08. The highest BCUT2D eigenvalue weighted by Crippen LogP contribution is 2.39. The van der Waals surface area contributed by atoms with Crippen LogP contribution < -0.4 is 11.1 Å². The van der Waals surface area contributed by atoms with Crippen LogP contribution >= 0.6 is 11.5 Å². The number of anilines is 1. The van der Waals surface area contributed by atoms with E-state index in [2.05, 4.69) is 35.4 Å². The summed E-state index contributed by atoms with van der Waals surface area (Å²) in [5, 5.41) is 4.43. The maximum absolute atomic E-state index is 5.67. The van der Waals surface area contributed by atoms with Crippen molar-refractivity contribution in [2.45, 2.75) is 52.0 Å². The van der Waals surface area contributed by atoms with Crippen LogP contribution in [-0.4, -0.2) is 21.9 Å². The van der Waals surface area contributed by atoms with E-state index in [1.54, 1.807) is 0 Å². The van der Waals surface area contributed by atoms with E-state index in [1.165, 1.54) is 24.4 Å². The van der Waals surface area contributed by atoms with Gasteiger partial charge >= 0.3 is 0 Å². The Balaban J connectivity index is 2.00. The first kappa shape index (κ1) is 12.8. The molecule has 1 unspecified atom stereocenters. The van der Waals surface area contributed by atoms with Crippen molar-refractivity contribution >= 4 is 16.7 Å². The Morgan fingerprint density at radius 3 is 2.71 bits per heavy atom. The topological polar surface area (TPSA) is 63.8 Å². The molecule has 1 saturated carbocycles. The number of nitrogens with two attached hydrogens (primary N) is 1. The molecule has 0 radical (unpaired) electrons.